The summed E-state index contributed by atoms with van der Waals surface area (Å²) < 4.78 is 22.6. The molecular weight excluding hydrogens is 757 g/mol. The molecule has 0 aromatic heterocycles. The molecule has 9 nitrogen and oxygen atoms in total. The molecule has 0 aliphatic carbocycles. The molecule has 0 spiro atoms. The zero-order valence-electron chi connectivity index (χ0n) is 40.6. The summed E-state index contributed by atoms with van der Waals surface area (Å²) >= 11 is 0. The van der Waals surface area contributed by atoms with Gasteiger partial charge < -0.3 is 24.1 Å². The van der Waals surface area contributed by atoms with Gasteiger partial charge in [0.05, 0.1) is 0 Å². The van der Waals surface area contributed by atoms with Crippen molar-refractivity contribution >= 4 is 23.9 Å². The molecule has 1 aliphatic heterocycles. The van der Waals surface area contributed by atoms with Crippen LogP contribution in [0.25, 0.3) is 0 Å². The van der Waals surface area contributed by atoms with Crippen LogP contribution in [0.15, 0.2) is 11.5 Å². The molecule has 7 unspecified atom stereocenters. The Bertz CT molecular complexity index is 1240. The monoisotopic (exact) mass is 849 g/mol. The van der Waals surface area contributed by atoms with Gasteiger partial charge in [-0.25, -0.2) is 4.79 Å². The standard InChI is InChI=1S/C51H92O9/c1-35(2)19-13-22-38(7)25-16-28-41(10)31-45(52)57-34-44(58-46(53)32-42(11)29-17-26-39(8)23-14-20-36(3)4)49-50(48(55)51(56)60-49)59-47(54)33-43(12)30-18-27-40(9)24-15-21-37(5)6/h35-44,49,55H,13-34H2,1-12H3/t38?,39?,40?,41?,42?,43?,44-,49?/m0/s1. The molecule has 8 atom stereocenters. The first-order chi connectivity index (χ1) is 28.3. The maximum atomic E-state index is 13.4. The van der Waals surface area contributed by atoms with Crippen LogP contribution < -0.4 is 0 Å². The number of hydrogen-bond acceptors (Lipinski definition) is 9. The van der Waals surface area contributed by atoms with E-state index < -0.39 is 54.2 Å². The van der Waals surface area contributed by atoms with Crippen molar-refractivity contribution < 1.29 is 43.2 Å². The van der Waals surface area contributed by atoms with Gasteiger partial charge in [-0.05, 0) is 53.3 Å². The predicted molar refractivity (Wildman–Crippen MR) is 243 cm³/mol. The van der Waals surface area contributed by atoms with Gasteiger partial charge in [-0.2, -0.15) is 0 Å². The van der Waals surface area contributed by atoms with E-state index in [1.165, 1.54) is 57.8 Å². The Labute approximate surface area is 367 Å². The largest absolute Gasteiger partial charge is 0.499 e. The van der Waals surface area contributed by atoms with E-state index in [1.54, 1.807) is 0 Å². The molecule has 60 heavy (non-hydrogen) atoms. The van der Waals surface area contributed by atoms with Crippen molar-refractivity contribution in [1.29, 1.82) is 0 Å². The average molecular weight is 849 g/mol. The van der Waals surface area contributed by atoms with E-state index in [0.717, 1.165) is 63.7 Å². The van der Waals surface area contributed by atoms with Gasteiger partial charge in [-0.3, -0.25) is 14.4 Å². The first-order valence-corrected chi connectivity index (χ1v) is 24.5. The summed E-state index contributed by atoms with van der Waals surface area (Å²) in [4.78, 5) is 52.4. The summed E-state index contributed by atoms with van der Waals surface area (Å²) in [7, 11) is 0. The topological polar surface area (TPSA) is 125 Å². The number of carbonyl (C=O) groups excluding carboxylic acids is 4. The second kappa shape index (κ2) is 31.3. The Kier molecular flexibility index (Phi) is 28.9. The zero-order chi connectivity index (χ0) is 45.2. The van der Waals surface area contributed by atoms with Crippen molar-refractivity contribution in [1.82, 2.24) is 0 Å². The van der Waals surface area contributed by atoms with E-state index in [-0.39, 0.29) is 37.0 Å². The summed E-state index contributed by atoms with van der Waals surface area (Å²) in [5, 5.41) is 10.7. The van der Waals surface area contributed by atoms with E-state index in [1.807, 2.05) is 20.8 Å². The number of hydrogen-bond donors (Lipinski definition) is 1. The second-order valence-corrected chi connectivity index (χ2v) is 20.7. The Morgan fingerprint density at radius 2 is 0.833 bits per heavy atom. The normalized spacial score (nSPS) is 18.0. The number of esters is 4. The van der Waals surface area contributed by atoms with Crippen LogP contribution >= 0.6 is 0 Å². The Balaban J connectivity index is 2.90. The highest BCUT2D eigenvalue weighted by molar-refractivity contribution is 5.90. The number of cyclic esters (lactones) is 1. The molecule has 0 aromatic rings. The van der Waals surface area contributed by atoms with Gasteiger partial charge in [0.25, 0.3) is 0 Å². The molecule has 0 fully saturated rings. The van der Waals surface area contributed by atoms with E-state index >= 15 is 0 Å². The number of carbonyl (C=O) groups is 4. The lowest BCUT2D eigenvalue weighted by molar-refractivity contribution is -0.173. The van der Waals surface area contributed by atoms with Crippen LogP contribution in [0.4, 0.5) is 0 Å². The van der Waals surface area contributed by atoms with Crippen LogP contribution in [-0.4, -0.2) is 47.8 Å². The highest BCUT2D eigenvalue weighted by Gasteiger charge is 2.45. The molecule has 0 amide bonds. The van der Waals surface area contributed by atoms with Crippen LogP contribution in [-0.2, 0) is 38.1 Å². The summed E-state index contributed by atoms with van der Waals surface area (Å²) in [6.45, 7) is 26.0. The summed E-state index contributed by atoms with van der Waals surface area (Å²) in [5.41, 5.74) is 0. The third-order valence-electron chi connectivity index (χ3n) is 12.3. The fraction of sp³-hybridized carbons (Fsp3) is 0.882. The van der Waals surface area contributed by atoms with Crippen LogP contribution in [0.2, 0.25) is 0 Å². The minimum absolute atomic E-state index is 0.0220. The van der Waals surface area contributed by atoms with Crippen molar-refractivity contribution in [3.05, 3.63) is 11.5 Å². The first kappa shape index (κ1) is 55.4. The molecule has 0 saturated carbocycles. The first-order valence-electron chi connectivity index (χ1n) is 24.5. The van der Waals surface area contributed by atoms with E-state index in [9.17, 15) is 24.3 Å². The maximum Gasteiger partial charge on any atom is 0.378 e. The number of aliphatic hydroxyl groups is 1. The number of aliphatic hydroxyl groups excluding tert-OH is 1. The van der Waals surface area contributed by atoms with Gasteiger partial charge in [-0.15, -0.1) is 0 Å². The van der Waals surface area contributed by atoms with Crippen LogP contribution in [0.1, 0.15) is 218 Å². The van der Waals surface area contributed by atoms with Crippen LogP contribution in [0, 0.1) is 53.3 Å². The fourth-order valence-electron chi connectivity index (χ4n) is 8.27. The lowest BCUT2D eigenvalue weighted by Crippen LogP contribution is -2.39. The summed E-state index contributed by atoms with van der Waals surface area (Å²) in [6.07, 6.45) is 17.6. The summed E-state index contributed by atoms with van der Waals surface area (Å²) in [5.74, 6) is 0.263. The third-order valence-corrected chi connectivity index (χ3v) is 12.3. The molecule has 9 heteroatoms. The van der Waals surface area contributed by atoms with Gasteiger partial charge >= 0.3 is 23.9 Å². The average Bonchev–Trinajstić information content (AvgIpc) is 3.40. The Morgan fingerprint density at radius 3 is 1.22 bits per heavy atom. The lowest BCUT2D eigenvalue weighted by atomic mass is 9.92. The molecule has 1 aliphatic rings. The van der Waals surface area contributed by atoms with Crippen LogP contribution in [0.3, 0.4) is 0 Å². The molecule has 350 valence electrons. The van der Waals surface area contributed by atoms with Gasteiger partial charge in [0.15, 0.2) is 6.10 Å². The quantitative estimate of drug-likeness (QED) is 0.0490. The van der Waals surface area contributed by atoms with Crippen molar-refractivity contribution in [3.8, 4) is 0 Å². The summed E-state index contributed by atoms with van der Waals surface area (Å²) in [6, 6.07) is 0. The molecule has 1 N–H and O–H groups in total. The van der Waals surface area contributed by atoms with E-state index in [0.29, 0.717) is 29.6 Å². The Morgan fingerprint density at radius 1 is 0.500 bits per heavy atom. The minimum Gasteiger partial charge on any atom is -0.499 e. The smallest absolute Gasteiger partial charge is 0.378 e. The number of ether oxygens (including phenoxy) is 4. The lowest BCUT2D eigenvalue weighted by Gasteiger charge is -2.25. The van der Waals surface area contributed by atoms with Crippen LogP contribution in [0.5, 0.6) is 0 Å². The molecule has 1 rings (SSSR count). The zero-order valence-corrected chi connectivity index (χ0v) is 40.6. The van der Waals surface area contributed by atoms with E-state index in [2.05, 4.69) is 62.3 Å². The molecule has 0 radical (unpaired) electrons. The fourth-order valence-corrected chi connectivity index (χ4v) is 8.27. The number of rotatable bonds is 35. The molecule has 1 heterocycles. The SMILES string of the molecule is CC(C)CCCC(C)CCCC(C)CC(=O)OC[C@H](OC(=O)CC(C)CCCC(C)CCCC(C)C)C1OC(=O)C(O)=C1OC(=O)CC(C)CCCC(C)CCCC(C)C. The van der Waals surface area contributed by atoms with Gasteiger partial charge in [0.2, 0.25) is 17.6 Å². The minimum atomic E-state index is -1.43. The molecule has 0 bridgehead atoms. The van der Waals surface area contributed by atoms with Gasteiger partial charge in [0.1, 0.15) is 6.61 Å². The molecule has 0 aromatic carbocycles. The van der Waals surface area contributed by atoms with Crippen molar-refractivity contribution in [2.24, 2.45) is 53.3 Å². The Hall–Kier alpha value is -2.58. The highest BCUT2D eigenvalue weighted by Crippen LogP contribution is 2.30. The van der Waals surface area contributed by atoms with E-state index in [4.69, 9.17) is 18.9 Å². The van der Waals surface area contributed by atoms with Gasteiger partial charge in [0, 0.05) is 19.3 Å². The van der Waals surface area contributed by atoms with Crippen molar-refractivity contribution in [3.63, 3.8) is 0 Å². The highest BCUT2D eigenvalue weighted by atomic mass is 16.6. The molecular formula is C51H92O9. The van der Waals surface area contributed by atoms with Crippen molar-refractivity contribution in [2.45, 2.75) is 230 Å². The predicted octanol–water partition coefficient (Wildman–Crippen LogP) is 13.7. The third kappa shape index (κ3) is 26.7. The van der Waals surface area contributed by atoms with Crippen molar-refractivity contribution in [2.75, 3.05) is 6.61 Å². The maximum absolute atomic E-state index is 13.4. The van der Waals surface area contributed by atoms with Gasteiger partial charge in [-0.1, -0.05) is 199 Å². The molecule has 0 saturated heterocycles. The second-order valence-electron chi connectivity index (χ2n) is 20.7.